The van der Waals surface area contributed by atoms with E-state index < -0.39 is 97.5 Å². The predicted octanol–water partition coefficient (Wildman–Crippen LogP) is 22.1. The van der Waals surface area contributed by atoms with Crippen molar-refractivity contribution in [1.82, 2.24) is 0 Å². The third kappa shape index (κ3) is 68.6. The summed E-state index contributed by atoms with van der Waals surface area (Å²) in [5, 5.41) is 10.6. The fourth-order valence-electron chi connectivity index (χ4n) is 11.5. The number of phosphoric acid groups is 2. The van der Waals surface area contributed by atoms with E-state index >= 15 is 0 Å². The van der Waals surface area contributed by atoms with Crippen LogP contribution < -0.4 is 0 Å². The lowest BCUT2D eigenvalue weighted by Gasteiger charge is -2.21. The van der Waals surface area contributed by atoms with Crippen LogP contribution in [0.1, 0.15) is 394 Å². The maximum absolute atomic E-state index is 13.1. The normalized spacial score (nSPS) is 14.0. The Morgan fingerprint density at radius 2 is 0.489 bits per heavy atom. The summed E-state index contributed by atoms with van der Waals surface area (Å²) >= 11 is 0. The summed E-state index contributed by atoms with van der Waals surface area (Å²) in [5.74, 6) is -1.32. The number of aliphatic hydroxyl groups excluding tert-OH is 1. The van der Waals surface area contributed by atoms with Crippen molar-refractivity contribution in [2.24, 2.45) is 5.92 Å². The highest BCUT2D eigenvalue weighted by atomic mass is 31.2. The van der Waals surface area contributed by atoms with Crippen molar-refractivity contribution in [1.29, 1.82) is 0 Å². The number of hydrogen-bond donors (Lipinski definition) is 3. The summed E-state index contributed by atoms with van der Waals surface area (Å²) in [6, 6.07) is 0. The van der Waals surface area contributed by atoms with Crippen LogP contribution >= 0.6 is 15.6 Å². The Labute approximate surface area is 575 Å². The number of rotatable bonds is 75. The molecule has 3 N–H and O–H groups in total. The Bertz CT molecular complexity index is 1810. The Balaban J connectivity index is 5.12. The van der Waals surface area contributed by atoms with Gasteiger partial charge in [-0.2, -0.15) is 0 Å². The van der Waals surface area contributed by atoms with Gasteiger partial charge in [0.2, 0.25) is 0 Å². The van der Waals surface area contributed by atoms with E-state index in [2.05, 4.69) is 34.6 Å². The molecule has 0 aliphatic carbocycles. The van der Waals surface area contributed by atoms with Crippen LogP contribution in [0.3, 0.4) is 0 Å². The van der Waals surface area contributed by atoms with Gasteiger partial charge in [0.15, 0.2) is 12.2 Å². The SMILES string of the molecule is CCCCCCCCCCCCCCCCCCCCCCC(=O)O[C@H](COC(=O)CCCCCCCCCCCCCCCCCC(C)C)COP(=O)(O)OC[C@@H](O)COP(=O)(O)OC[C@@H](COC(=O)CCCCCCC)OC(=O)CCCCCCCCCCCCC. The van der Waals surface area contributed by atoms with E-state index in [9.17, 15) is 43.2 Å². The molecule has 0 saturated carbocycles. The molecule has 5 atom stereocenters. The first-order valence-electron chi connectivity index (χ1n) is 39.1. The molecule has 0 aliphatic rings. The number of unbranched alkanes of at least 4 members (excludes halogenated alkanes) is 47. The summed E-state index contributed by atoms with van der Waals surface area (Å²) in [5.41, 5.74) is 0. The van der Waals surface area contributed by atoms with Crippen molar-refractivity contribution in [3.63, 3.8) is 0 Å². The molecular formula is C75H146O17P2. The van der Waals surface area contributed by atoms with Crippen LogP contribution in [-0.2, 0) is 65.4 Å². The van der Waals surface area contributed by atoms with Crippen LogP contribution in [0.15, 0.2) is 0 Å². The molecule has 0 aromatic heterocycles. The van der Waals surface area contributed by atoms with E-state index in [1.165, 1.54) is 212 Å². The first-order chi connectivity index (χ1) is 45.5. The lowest BCUT2D eigenvalue weighted by atomic mass is 10.0. The zero-order valence-electron chi connectivity index (χ0n) is 61.1. The van der Waals surface area contributed by atoms with Gasteiger partial charge in [0.1, 0.15) is 19.3 Å². The average molecular weight is 1380 g/mol. The van der Waals surface area contributed by atoms with Gasteiger partial charge in [-0.05, 0) is 31.6 Å². The van der Waals surface area contributed by atoms with E-state index in [1.807, 2.05) is 0 Å². The molecule has 0 bridgehead atoms. The number of carbonyl (C=O) groups excluding carboxylic acids is 4. The lowest BCUT2D eigenvalue weighted by Crippen LogP contribution is -2.30. The van der Waals surface area contributed by atoms with Crippen molar-refractivity contribution in [3.8, 4) is 0 Å². The largest absolute Gasteiger partial charge is 0.472 e. The summed E-state index contributed by atoms with van der Waals surface area (Å²) in [7, 11) is -9.90. The molecule has 0 radical (unpaired) electrons. The highest BCUT2D eigenvalue weighted by Crippen LogP contribution is 2.45. The Morgan fingerprint density at radius 3 is 0.723 bits per heavy atom. The van der Waals surface area contributed by atoms with Gasteiger partial charge in [-0.25, -0.2) is 9.13 Å². The van der Waals surface area contributed by atoms with Gasteiger partial charge in [-0.15, -0.1) is 0 Å². The zero-order chi connectivity index (χ0) is 69.1. The molecule has 17 nitrogen and oxygen atoms in total. The van der Waals surface area contributed by atoms with Gasteiger partial charge in [0.25, 0.3) is 0 Å². The topological polar surface area (TPSA) is 237 Å². The number of esters is 4. The van der Waals surface area contributed by atoms with Crippen LogP contribution in [-0.4, -0.2) is 96.7 Å². The molecule has 0 aliphatic heterocycles. The van der Waals surface area contributed by atoms with E-state index in [-0.39, 0.29) is 25.7 Å². The van der Waals surface area contributed by atoms with Crippen molar-refractivity contribution in [3.05, 3.63) is 0 Å². The smallest absolute Gasteiger partial charge is 0.462 e. The van der Waals surface area contributed by atoms with Crippen LogP contribution in [0.4, 0.5) is 0 Å². The minimum absolute atomic E-state index is 0.106. The second-order valence-electron chi connectivity index (χ2n) is 27.5. The second-order valence-corrected chi connectivity index (χ2v) is 30.4. The fraction of sp³-hybridized carbons (Fsp3) is 0.947. The summed E-state index contributed by atoms with van der Waals surface area (Å²) in [4.78, 5) is 72.4. The molecular weight excluding hydrogens is 1230 g/mol. The van der Waals surface area contributed by atoms with Crippen LogP contribution in [0.25, 0.3) is 0 Å². The van der Waals surface area contributed by atoms with E-state index in [0.29, 0.717) is 25.7 Å². The van der Waals surface area contributed by atoms with Gasteiger partial charge < -0.3 is 33.8 Å². The van der Waals surface area contributed by atoms with Crippen LogP contribution in [0, 0.1) is 5.92 Å². The fourth-order valence-corrected chi connectivity index (χ4v) is 13.1. The standard InChI is InChI=1S/C75H146O17P2/c1-6-9-12-15-17-19-21-22-23-24-25-26-27-30-34-38-42-46-51-56-61-75(80)92-71(65-86-73(78)59-54-49-44-40-37-33-31-28-29-32-36-39-43-48-52-57-68(4)5)67-90-94(83,84)88-63-69(76)62-87-93(81,82)89-66-70(64-85-72(77)58-53-47-14-11-8-3)91-74(79)60-55-50-45-41-35-20-18-16-13-10-7-2/h68-71,76H,6-67H2,1-5H3,(H,81,82)(H,83,84)/t69-,70+,71+/m0/s1. The van der Waals surface area contributed by atoms with Crippen molar-refractivity contribution >= 4 is 39.5 Å². The maximum Gasteiger partial charge on any atom is 0.472 e. The molecule has 0 rings (SSSR count). The molecule has 0 aromatic rings. The zero-order valence-corrected chi connectivity index (χ0v) is 62.9. The lowest BCUT2D eigenvalue weighted by molar-refractivity contribution is -0.161. The molecule has 0 fully saturated rings. The maximum atomic E-state index is 13.1. The number of phosphoric ester groups is 2. The number of hydrogen-bond acceptors (Lipinski definition) is 15. The highest BCUT2D eigenvalue weighted by Gasteiger charge is 2.30. The second kappa shape index (κ2) is 68.2. The Morgan fingerprint density at radius 1 is 0.287 bits per heavy atom. The van der Waals surface area contributed by atoms with Crippen molar-refractivity contribution in [2.45, 2.75) is 412 Å². The third-order valence-corrected chi connectivity index (χ3v) is 19.4. The number of carbonyl (C=O) groups is 4. The molecule has 0 amide bonds. The van der Waals surface area contributed by atoms with Gasteiger partial charge in [-0.3, -0.25) is 37.3 Å². The molecule has 0 spiro atoms. The third-order valence-electron chi connectivity index (χ3n) is 17.5. The van der Waals surface area contributed by atoms with Gasteiger partial charge >= 0.3 is 39.5 Å². The Kier molecular flexibility index (Phi) is 66.8. The molecule has 0 aromatic carbocycles. The molecule has 2 unspecified atom stereocenters. The predicted molar refractivity (Wildman–Crippen MR) is 382 cm³/mol. The minimum Gasteiger partial charge on any atom is -0.462 e. The van der Waals surface area contributed by atoms with E-state index in [4.69, 9.17) is 37.0 Å². The molecule has 0 saturated heterocycles. The first-order valence-corrected chi connectivity index (χ1v) is 42.1. The molecule has 19 heteroatoms. The van der Waals surface area contributed by atoms with Gasteiger partial charge in [-0.1, -0.05) is 343 Å². The van der Waals surface area contributed by atoms with Crippen molar-refractivity contribution in [2.75, 3.05) is 39.6 Å². The van der Waals surface area contributed by atoms with Gasteiger partial charge in [0.05, 0.1) is 26.4 Å². The van der Waals surface area contributed by atoms with E-state index in [1.54, 1.807) is 0 Å². The molecule has 94 heavy (non-hydrogen) atoms. The quantitative estimate of drug-likeness (QED) is 0.0222. The van der Waals surface area contributed by atoms with Crippen molar-refractivity contribution < 1.29 is 80.2 Å². The average Bonchev–Trinajstić information content (AvgIpc) is 1.31. The number of ether oxygens (including phenoxy) is 4. The Hall–Kier alpha value is -1.94. The highest BCUT2D eigenvalue weighted by molar-refractivity contribution is 7.47. The van der Waals surface area contributed by atoms with Gasteiger partial charge in [0, 0.05) is 25.7 Å². The summed E-state index contributed by atoms with van der Waals surface area (Å²) < 4.78 is 68.2. The van der Waals surface area contributed by atoms with E-state index in [0.717, 1.165) is 102 Å². The summed E-state index contributed by atoms with van der Waals surface area (Å²) in [6.07, 6.45) is 57.4. The summed E-state index contributed by atoms with van der Waals surface area (Å²) in [6.45, 7) is 7.22. The molecule has 0 heterocycles. The monoisotopic (exact) mass is 1380 g/mol. The molecule has 558 valence electrons. The first kappa shape index (κ1) is 92.1. The van der Waals surface area contributed by atoms with Crippen LogP contribution in [0.5, 0.6) is 0 Å². The minimum atomic E-state index is -4.95. The number of aliphatic hydroxyl groups is 1. The van der Waals surface area contributed by atoms with Crippen LogP contribution in [0.2, 0.25) is 0 Å².